The number of hydrogen-bond donors (Lipinski definition) is 0. The van der Waals surface area contributed by atoms with E-state index in [2.05, 4.69) is 14.5 Å². The highest BCUT2D eigenvalue weighted by molar-refractivity contribution is 5.71. The van der Waals surface area contributed by atoms with E-state index < -0.39 is 0 Å². The Bertz CT molecular complexity index is 496. The number of imidazole rings is 1. The molecule has 2 aromatic rings. The van der Waals surface area contributed by atoms with Crippen LogP contribution in [0.1, 0.15) is 12.2 Å². The summed E-state index contributed by atoms with van der Waals surface area (Å²) in [5.41, 5.74) is 1.89. The van der Waals surface area contributed by atoms with Crippen molar-refractivity contribution in [1.29, 1.82) is 0 Å². The smallest absolute Gasteiger partial charge is 0.159 e. The first-order valence-corrected chi connectivity index (χ1v) is 6.15. The van der Waals surface area contributed by atoms with E-state index >= 15 is 0 Å². The molecule has 0 saturated carbocycles. The molecule has 2 heterocycles. The van der Waals surface area contributed by atoms with Crippen LogP contribution >= 0.6 is 0 Å². The SMILES string of the molecule is COCCCn1c(CCOC)nc2cccnc21. The Kier molecular flexibility index (Phi) is 4.66. The van der Waals surface area contributed by atoms with Gasteiger partial charge in [0, 0.05) is 40.0 Å². The van der Waals surface area contributed by atoms with Crippen LogP contribution in [0.5, 0.6) is 0 Å². The van der Waals surface area contributed by atoms with Crippen molar-refractivity contribution in [1.82, 2.24) is 14.5 Å². The van der Waals surface area contributed by atoms with Crippen LogP contribution in [0.3, 0.4) is 0 Å². The van der Waals surface area contributed by atoms with E-state index in [9.17, 15) is 0 Å². The Morgan fingerprint density at radius 3 is 2.83 bits per heavy atom. The minimum Gasteiger partial charge on any atom is -0.385 e. The predicted octanol–water partition coefficient (Wildman–Crippen LogP) is 1.66. The van der Waals surface area contributed by atoms with Crippen LogP contribution < -0.4 is 0 Å². The lowest BCUT2D eigenvalue weighted by Crippen LogP contribution is -2.09. The van der Waals surface area contributed by atoms with Crippen LogP contribution in [0.2, 0.25) is 0 Å². The Labute approximate surface area is 107 Å². The Morgan fingerprint density at radius 1 is 1.22 bits per heavy atom. The zero-order valence-electron chi connectivity index (χ0n) is 10.9. The molecule has 0 saturated heterocycles. The van der Waals surface area contributed by atoms with Crippen LogP contribution in [0.15, 0.2) is 18.3 Å². The highest BCUT2D eigenvalue weighted by Gasteiger charge is 2.10. The molecule has 0 spiro atoms. The quantitative estimate of drug-likeness (QED) is 0.700. The Morgan fingerprint density at radius 2 is 2.06 bits per heavy atom. The Balaban J connectivity index is 2.25. The lowest BCUT2D eigenvalue weighted by molar-refractivity contribution is 0.188. The van der Waals surface area contributed by atoms with E-state index in [0.717, 1.165) is 43.0 Å². The minimum atomic E-state index is 0.674. The zero-order chi connectivity index (χ0) is 12.8. The third kappa shape index (κ3) is 2.86. The van der Waals surface area contributed by atoms with Gasteiger partial charge in [0.2, 0.25) is 0 Å². The molecule has 0 bridgehead atoms. The molecule has 0 radical (unpaired) electrons. The number of methoxy groups -OCH3 is 2. The molecule has 5 nitrogen and oxygen atoms in total. The summed E-state index contributed by atoms with van der Waals surface area (Å²) >= 11 is 0. The first-order chi connectivity index (χ1) is 8.86. The maximum absolute atomic E-state index is 5.12. The topological polar surface area (TPSA) is 49.2 Å². The molecule has 0 aliphatic heterocycles. The zero-order valence-corrected chi connectivity index (χ0v) is 10.9. The molecule has 0 N–H and O–H groups in total. The van der Waals surface area contributed by atoms with Crippen molar-refractivity contribution >= 4 is 11.2 Å². The summed E-state index contributed by atoms with van der Waals surface area (Å²) in [6.07, 6.45) is 3.56. The second-order valence-corrected chi connectivity index (χ2v) is 4.11. The highest BCUT2D eigenvalue weighted by Crippen LogP contribution is 2.14. The molecule has 0 unspecified atom stereocenters. The number of aryl methyl sites for hydroxylation is 1. The average Bonchev–Trinajstić information content (AvgIpc) is 2.75. The lowest BCUT2D eigenvalue weighted by Gasteiger charge is -2.07. The fourth-order valence-corrected chi connectivity index (χ4v) is 1.99. The number of hydrogen-bond acceptors (Lipinski definition) is 4. The lowest BCUT2D eigenvalue weighted by atomic mass is 10.4. The van der Waals surface area contributed by atoms with Crippen molar-refractivity contribution in [3.8, 4) is 0 Å². The monoisotopic (exact) mass is 249 g/mol. The van der Waals surface area contributed by atoms with Crippen LogP contribution in [0, 0.1) is 0 Å². The number of rotatable bonds is 7. The van der Waals surface area contributed by atoms with Gasteiger partial charge in [-0.05, 0) is 18.6 Å². The second-order valence-electron chi connectivity index (χ2n) is 4.11. The molecule has 0 aliphatic carbocycles. The number of ether oxygens (including phenoxy) is 2. The maximum Gasteiger partial charge on any atom is 0.159 e. The molecule has 98 valence electrons. The molecule has 0 aliphatic rings. The molecular formula is C13H19N3O2. The van der Waals surface area contributed by atoms with Gasteiger partial charge in [0.05, 0.1) is 6.61 Å². The van der Waals surface area contributed by atoms with Gasteiger partial charge in [0.15, 0.2) is 5.65 Å². The third-order valence-corrected chi connectivity index (χ3v) is 2.84. The van der Waals surface area contributed by atoms with Gasteiger partial charge in [-0.25, -0.2) is 9.97 Å². The number of fused-ring (bicyclic) bond motifs is 1. The van der Waals surface area contributed by atoms with Crippen molar-refractivity contribution in [2.24, 2.45) is 0 Å². The summed E-state index contributed by atoms with van der Waals surface area (Å²) in [6, 6.07) is 3.90. The van der Waals surface area contributed by atoms with Gasteiger partial charge in [0.1, 0.15) is 11.3 Å². The number of aromatic nitrogens is 3. The van der Waals surface area contributed by atoms with Gasteiger partial charge in [-0.15, -0.1) is 0 Å². The van der Waals surface area contributed by atoms with E-state index in [-0.39, 0.29) is 0 Å². The summed E-state index contributed by atoms with van der Waals surface area (Å²) in [7, 11) is 3.42. The minimum absolute atomic E-state index is 0.674. The van der Waals surface area contributed by atoms with Gasteiger partial charge in [0.25, 0.3) is 0 Å². The van der Waals surface area contributed by atoms with E-state index in [1.807, 2.05) is 12.1 Å². The maximum atomic E-state index is 5.12. The first-order valence-electron chi connectivity index (χ1n) is 6.15. The summed E-state index contributed by atoms with van der Waals surface area (Å²) in [5.74, 6) is 1.03. The molecule has 0 amide bonds. The molecule has 18 heavy (non-hydrogen) atoms. The summed E-state index contributed by atoms with van der Waals surface area (Å²) in [4.78, 5) is 9.02. The Hall–Kier alpha value is -1.46. The number of pyridine rings is 1. The normalized spacial score (nSPS) is 11.2. The largest absolute Gasteiger partial charge is 0.385 e. The third-order valence-electron chi connectivity index (χ3n) is 2.84. The van der Waals surface area contributed by atoms with Crippen LogP contribution in [-0.2, 0) is 22.4 Å². The fourth-order valence-electron chi connectivity index (χ4n) is 1.99. The van der Waals surface area contributed by atoms with Crippen LogP contribution in [0.4, 0.5) is 0 Å². The van der Waals surface area contributed by atoms with E-state index in [0.29, 0.717) is 6.61 Å². The van der Waals surface area contributed by atoms with Gasteiger partial charge in [-0.3, -0.25) is 0 Å². The van der Waals surface area contributed by atoms with Crippen LogP contribution in [0.25, 0.3) is 11.2 Å². The van der Waals surface area contributed by atoms with Crippen molar-refractivity contribution in [3.63, 3.8) is 0 Å². The van der Waals surface area contributed by atoms with Gasteiger partial charge in [-0.1, -0.05) is 0 Å². The van der Waals surface area contributed by atoms with Crippen molar-refractivity contribution in [2.45, 2.75) is 19.4 Å². The molecule has 5 heteroatoms. The molecule has 2 rings (SSSR count). The van der Waals surface area contributed by atoms with Crippen molar-refractivity contribution in [3.05, 3.63) is 24.2 Å². The van der Waals surface area contributed by atoms with E-state index in [4.69, 9.17) is 9.47 Å². The van der Waals surface area contributed by atoms with Gasteiger partial charge >= 0.3 is 0 Å². The van der Waals surface area contributed by atoms with E-state index in [1.165, 1.54) is 0 Å². The predicted molar refractivity (Wildman–Crippen MR) is 69.6 cm³/mol. The first kappa shape index (κ1) is 13.0. The molecule has 0 fully saturated rings. The molecule has 0 aromatic carbocycles. The summed E-state index contributed by atoms with van der Waals surface area (Å²) in [6.45, 7) is 2.30. The van der Waals surface area contributed by atoms with Gasteiger partial charge < -0.3 is 14.0 Å². The van der Waals surface area contributed by atoms with Crippen molar-refractivity contribution < 1.29 is 9.47 Å². The van der Waals surface area contributed by atoms with E-state index in [1.54, 1.807) is 20.4 Å². The molecule has 0 atom stereocenters. The fraction of sp³-hybridized carbons (Fsp3) is 0.538. The average molecular weight is 249 g/mol. The summed E-state index contributed by atoms with van der Waals surface area (Å²) in [5, 5.41) is 0. The number of nitrogens with zero attached hydrogens (tertiary/aromatic N) is 3. The standard InChI is InChI=1S/C13H19N3O2/c1-17-9-4-8-16-12(6-10-18-2)15-11-5-3-7-14-13(11)16/h3,5,7H,4,6,8-10H2,1-2H3. The molecular weight excluding hydrogens is 230 g/mol. The highest BCUT2D eigenvalue weighted by atomic mass is 16.5. The second kappa shape index (κ2) is 6.47. The molecule has 2 aromatic heterocycles. The van der Waals surface area contributed by atoms with Crippen molar-refractivity contribution in [2.75, 3.05) is 27.4 Å². The van der Waals surface area contributed by atoms with Crippen LogP contribution in [-0.4, -0.2) is 42.0 Å². The van der Waals surface area contributed by atoms with Gasteiger partial charge in [-0.2, -0.15) is 0 Å². The summed E-state index contributed by atoms with van der Waals surface area (Å²) < 4.78 is 12.4.